The molecule has 0 unspecified atom stereocenters. The molecule has 0 bridgehead atoms. The second-order valence-electron chi connectivity index (χ2n) is 7.44. The molecule has 1 amide bonds. The van der Waals surface area contributed by atoms with E-state index in [1.54, 1.807) is 18.7 Å². The zero-order valence-corrected chi connectivity index (χ0v) is 15.7. The van der Waals surface area contributed by atoms with Crippen LogP contribution in [0.4, 0.5) is 0 Å². The number of nitrogens with zero attached hydrogens (tertiary/aromatic N) is 4. The Morgan fingerprint density at radius 2 is 1.96 bits per heavy atom. The second kappa shape index (κ2) is 7.35. The Labute approximate surface area is 159 Å². The molecule has 27 heavy (non-hydrogen) atoms. The van der Waals surface area contributed by atoms with Crippen molar-refractivity contribution in [3.05, 3.63) is 78.0 Å². The number of amides is 1. The maximum absolute atomic E-state index is 13.1. The van der Waals surface area contributed by atoms with Crippen molar-refractivity contribution in [1.82, 2.24) is 19.4 Å². The molecule has 138 valence electrons. The number of carbonyl (C=O) groups is 1. The quantitative estimate of drug-likeness (QED) is 0.662. The summed E-state index contributed by atoms with van der Waals surface area (Å²) in [7, 11) is 0. The summed E-state index contributed by atoms with van der Waals surface area (Å²) in [5, 5.41) is 0. The fourth-order valence-corrected chi connectivity index (χ4v) is 3.18. The van der Waals surface area contributed by atoms with Crippen molar-refractivity contribution < 1.29 is 4.79 Å². The van der Waals surface area contributed by atoms with Gasteiger partial charge in [0.1, 0.15) is 12.1 Å². The molecule has 1 fully saturated rings. The highest BCUT2D eigenvalue weighted by molar-refractivity contribution is 5.94. The molecule has 0 saturated heterocycles. The summed E-state index contributed by atoms with van der Waals surface area (Å²) in [5.74, 6) is 1.32. The predicted molar refractivity (Wildman–Crippen MR) is 105 cm³/mol. The molecule has 1 aliphatic carbocycles. The zero-order valence-electron chi connectivity index (χ0n) is 15.7. The van der Waals surface area contributed by atoms with E-state index in [1.807, 2.05) is 27.8 Å². The van der Waals surface area contributed by atoms with Gasteiger partial charge in [-0.15, -0.1) is 0 Å². The van der Waals surface area contributed by atoms with Crippen LogP contribution in [0.3, 0.4) is 0 Å². The molecule has 1 aromatic carbocycles. The van der Waals surface area contributed by atoms with Gasteiger partial charge in [-0.2, -0.15) is 0 Å². The summed E-state index contributed by atoms with van der Waals surface area (Å²) in [6.45, 7) is 5.02. The molecule has 0 radical (unpaired) electrons. The number of pyridine rings is 1. The van der Waals surface area contributed by atoms with Crippen molar-refractivity contribution in [1.29, 1.82) is 0 Å². The summed E-state index contributed by atoms with van der Waals surface area (Å²) < 4.78 is 1.82. The lowest BCUT2D eigenvalue weighted by atomic mass is 10.0. The van der Waals surface area contributed by atoms with E-state index in [-0.39, 0.29) is 5.91 Å². The summed E-state index contributed by atoms with van der Waals surface area (Å²) >= 11 is 0. The number of aromatic nitrogens is 3. The van der Waals surface area contributed by atoms with Crippen LogP contribution in [0.2, 0.25) is 0 Å². The number of carbonyl (C=O) groups excluding carboxylic acids is 1. The van der Waals surface area contributed by atoms with Gasteiger partial charge in [0.15, 0.2) is 0 Å². The number of hydrogen-bond acceptors (Lipinski definition) is 3. The van der Waals surface area contributed by atoms with Crippen LogP contribution in [0.5, 0.6) is 0 Å². The summed E-state index contributed by atoms with van der Waals surface area (Å²) in [6, 6.07) is 12.7. The molecule has 0 N–H and O–H groups in total. The highest BCUT2D eigenvalue weighted by Gasteiger charge is 2.33. The monoisotopic (exact) mass is 360 g/mol. The van der Waals surface area contributed by atoms with Crippen molar-refractivity contribution in [2.24, 2.45) is 0 Å². The normalized spacial score (nSPS) is 13.7. The molecule has 2 aromatic heterocycles. The maximum atomic E-state index is 13.1. The molecule has 1 saturated carbocycles. The van der Waals surface area contributed by atoms with Gasteiger partial charge in [-0.05, 0) is 42.0 Å². The van der Waals surface area contributed by atoms with Crippen molar-refractivity contribution in [3.8, 4) is 5.82 Å². The zero-order chi connectivity index (χ0) is 18.8. The Balaban J connectivity index is 1.51. The van der Waals surface area contributed by atoms with Gasteiger partial charge in [-0.3, -0.25) is 9.36 Å². The first kappa shape index (κ1) is 17.5. The van der Waals surface area contributed by atoms with Crippen LogP contribution in [0.25, 0.3) is 5.82 Å². The molecule has 4 rings (SSSR count). The SMILES string of the molecule is CC(C)c1ccc(CN(C(=O)c2ccc(-n3ccnc3)nc2)C2CC2)cc1. The molecular formula is C22H24N4O. The Morgan fingerprint density at radius 1 is 1.19 bits per heavy atom. The Bertz CT molecular complexity index is 895. The van der Waals surface area contributed by atoms with Crippen LogP contribution < -0.4 is 0 Å². The lowest BCUT2D eigenvalue weighted by Gasteiger charge is -2.23. The highest BCUT2D eigenvalue weighted by Crippen LogP contribution is 2.30. The van der Waals surface area contributed by atoms with Crippen LogP contribution in [0, 0.1) is 0 Å². The topological polar surface area (TPSA) is 51.0 Å². The molecule has 2 heterocycles. The van der Waals surface area contributed by atoms with Crippen molar-refractivity contribution in [2.45, 2.75) is 45.2 Å². The highest BCUT2D eigenvalue weighted by atomic mass is 16.2. The van der Waals surface area contributed by atoms with E-state index in [9.17, 15) is 4.79 Å². The van der Waals surface area contributed by atoms with Crippen LogP contribution in [-0.2, 0) is 6.54 Å². The van der Waals surface area contributed by atoms with E-state index in [4.69, 9.17) is 0 Å². The predicted octanol–water partition coefficient (Wildman–Crippen LogP) is 4.20. The Hall–Kier alpha value is -2.95. The average Bonchev–Trinajstić information content (AvgIpc) is 3.39. The van der Waals surface area contributed by atoms with Crippen LogP contribution in [0.1, 0.15) is 54.1 Å². The fraction of sp³-hybridized carbons (Fsp3) is 0.318. The number of hydrogen-bond donors (Lipinski definition) is 0. The molecule has 0 spiro atoms. The standard InChI is InChI=1S/C22H24N4O/c1-16(2)18-5-3-17(4-6-18)14-26(20-8-9-20)22(27)19-7-10-21(24-13-19)25-12-11-23-15-25/h3-7,10-13,15-16,20H,8-9,14H2,1-2H3. The van der Waals surface area contributed by atoms with Crippen LogP contribution in [0.15, 0.2) is 61.3 Å². The minimum atomic E-state index is 0.0510. The minimum Gasteiger partial charge on any atom is -0.331 e. The van der Waals surface area contributed by atoms with Gasteiger partial charge < -0.3 is 4.90 Å². The van der Waals surface area contributed by atoms with E-state index in [0.717, 1.165) is 18.7 Å². The molecule has 0 aliphatic heterocycles. The van der Waals surface area contributed by atoms with E-state index in [1.165, 1.54) is 11.1 Å². The first-order valence-corrected chi connectivity index (χ1v) is 9.46. The molecule has 3 aromatic rings. The minimum absolute atomic E-state index is 0.0510. The number of benzene rings is 1. The van der Waals surface area contributed by atoms with E-state index < -0.39 is 0 Å². The Kier molecular flexibility index (Phi) is 4.75. The second-order valence-corrected chi connectivity index (χ2v) is 7.44. The smallest absolute Gasteiger partial charge is 0.255 e. The lowest BCUT2D eigenvalue weighted by molar-refractivity contribution is 0.0729. The molecule has 0 atom stereocenters. The largest absolute Gasteiger partial charge is 0.331 e. The average molecular weight is 360 g/mol. The third-order valence-electron chi connectivity index (χ3n) is 5.01. The maximum Gasteiger partial charge on any atom is 0.255 e. The molecular weight excluding hydrogens is 336 g/mol. The summed E-state index contributed by atoms with van der Waals surface area (Å²) in [5.41, 5.74) is 3.12. The van der Waals surface area contributed by atoms with Gasteiger partial charge in [0.05, 0.1) is 5.56 Å². The van der Waals surface area contributed by atoms with Gasteiger partial charge >= 0.3 is 0 Å². The lowest BCUT2D eigenvalue weighted by Crippen LogP contribution is -2.32. The van der Waals surface area contributed by atoms with Gasteiger partial charge in [0, 0.05) is 31.2 Å². The third-order valence-corrected chi connectivity index (χ3v) is 5.01. The van der Waals surface area contributed by atoms with E-state index in [2.05, 4.69) is 48.1 Å². The first-order chi connectivity index (χ1) is 13.1. The first-order valence-electron chi connectivity index (χ1n) is 9.46. The van der Waals surface area contributed by atoms with Crippen LogP contribution >= 0.6 is 0 Å². The number of rotatable bonds is 6. The van der Waals surface area contributed by atoms with Gasteiger partial charge in [0.25, 0.3) is 5.91 Å². The summed E-state index contributed by atoms with van der Waals surface area (Å²) in [4.78, 5) is 23.5. The van der Waals surface area contributed by atoms with Gasteiger partial charge in [-0.25, -0.2) is 9.97 Å². The van der Waals surface area contributed by atoms with Crippen molar-refractivity contribution in [3.63, 3.8) is 0 Å². The van der Waals surface area contributed by atoms with Gasteiger partial charge in [0.2, 0.25) is 0 Å². The van der Waals surface area contributed by atoms with Crippen molar-refractivity contribution >= 4 is 5.91 Å². The van der Waals surface area contributed by atoms with E-state index >= 15 is 0 Å². The fourth-order valence-electron chi connectivity index (χ4n) is 3.18. The molecule has 5 heteroatoms. The third kappa shape index (κ3) is 3.92. The van der Waals surface area contributed by atoms with E-state index in [0.29, 0.717) is 24.1 Å². The van der Waals surface area contributed by atoms with Crippen molar-refractivity contribution in [2.75, 3.05) is 0 Å². The molecule has 5 nitrogen and oxygen atoms in total. The Morgan fingerprint density at radius 3 is 2.52 bits per heavy atom. The van der Waals surface area contributed by atoms with Gasteiger partial charge in [-0.1, -0.05) is 38.1 Å². The van der Waals surface area contributed by atoms with Crippen LogP contribution in [-0.4, -0.2) is 31.4 Å². The molecule has 1 aliphatic rings. The summed E-state index contributed by atoms with van der Waals surface area (Å²) in [6.07, 6.45) is 9.06. The number of imidazole rings is 1.